The van der Waals surface area contributed by atoms with E-state index < -0.39 is 23.7 Å². The number of aromatic amines is 1. The summed E-state index contributed by atoms with van der Waals surface area (Å²) in [6.07, 6.45) is -0.0144. The Bertz CT molecular complexity index is 368. The Morgan fingerprint density at radius 3 is 2.41 bits per heavy atom. The number of carboxylic acids is 2. The van der Waals surface area contributed by atoms with Crippen LogP contribution >= 0.6 is 0 Å². The smallest absolute Gasteiger partial charge is 0.857 e. The molecule has 1 heterocycles. The third kappa shape index (κ3) is 6.44. The minimum Gasteiger partial charge on any atom is -0.857 e. The summed E-state index contributed by atoms with van der Waals surface area (Å²) in [4.78, 5) is 20.8. The molecule has 0 bridgehead atoms. The summed E-state index contributed by atoms with van der Waals surface area (Å²) in [5, 5.41) is 35.2. The zero-order valence-electron chi connectivity index (χ0n) is 9.60. The summed E-state index contributed by atoms with van der Waals surface area (Å²) in [7, 11) is 0. The molecule has 0 aliphatic rings. The van der Waals surface area contributed by atoms with Gasteiger partial charge in [-0.15, -0.1) is 0 Å². The molecule has 0 saturated carbocycles. The average Bonchev–Trinajstić information content (AvgIpc) is 2.50. The van der Waals surface area contributed by atoms with Crippen molar-refractivity contribution in [3.8, 4) is 5.88 Å². The topological polar surface area (TPSA) is 129 Å². The van der Waals surface area contributed by atoms with Crippen LogP contribution in [0.3, 0.4) is 0 Å². The fourth-order valence-corrected chi connectivity index (χ4v) is 1.11. The molecule has 7 nitrogen and oxygen atoms in total. The van der Waals surface area contributed by atoms with Crippen LogP contribution in [0, 0.1) is 5.92 Å². The Labute approximate surface area is 141 Å². The fourth-order valence-electron chi connectivity index (χ4n) is 1.11. The van der Waals surface area contributed by atoms with Crippen molar-refractivity contribution in [1.29, 1.82) is 0 Å². The summed E-state index contributed by atoms with van der Waals surface area (Å²) in [5.41, 5.74) is 0.410. The average molecular weight is 258 g/mol. The molecular weight excluding hydrogens is 250 g/mol. The number of aryl methyl sites for hydroxylation is 1. The fraction of sp³-hybridized carbons (Fsp3) is 0.375. The second-order valence-electron chi connectivity index (χ2n) is 2.98. The van der Waals surface area contributed by atoms with E-state index in [9.17, 15) is 19.8 Å². The molecule has 1 atom stereocenters. The maximum absolute atomic E-state index is 10.6. The van der Waals surface area contributed by atoms with Crippen molar-refractivity contribution >= 4 is 11.9 Å². The van der Waals surface area contributed by atoms with Gasteiger partial charge in [-0.3, -0.25) is 9.89 Å². The minimum absolute atomic E-state index is 0. The number of carboxylic acid groups (broad SMARTS) is 2. The Morgan fingerprint density at radius 1 is 1.47 bits per heavy atom. The summed E-state index contributed by atoms with van der Waals surface area (Å²) >= 11 is 0. The molecule has 1 aromatic heterocycles. The number of carbonyl (C=O) groups excluding carboxylic acids is 1. The van der Waals surface area contributed by atoms with Crippen LogP contribution in [0.25, 0.3) is 0 Å². The van der Waals surface area contributed by atoms with Gasteiger partial charge in [-0.2, -0.15) is 5.10 Å². The molecule has 0 aliphatic heterocycles. The number of H-pyrrole nitrogens is 1. The second-order valence-corrected chi connectivity index (χ2v) is 2.98. The van der Waals surface area contributed by atoms with Crippen LogP contribution in [0.4, 0.5) is 0 Å². The largest absolute Gasteiger partial charge is 1.00 e. The number of hydrogen-bond acceptors (Lipinski definition) is 5. The van der Waals surface area contributed by atoms with Gasteiger partial charge in [0.15, 0.2) is 0 Å². The quantitative estimate of drug-likeness (QED) is 0.398. The van der Waals surface area contributed by atoms with E-state index in [2.05, 4.69) is 10.2 Å². The molecule has 0 radical (unpaired) electrons. The van der Waals surface area contributed by atoms with E-state index in [0.29, 0.717) is 5.69 Å². The number of aromatic nitrogens is 2. The van der Waals surface area contributed by atoms with Gasteiger partial charge in [-0.25, -0.2) is 0 Å². The Morgan fingerprint density at radius 2 is 2.06 bits per heavy atom. The first-order chi connectivity index (χ1) is 7.00. The van der Waals surface area contributed by atoms with Gasteiger partial charge in [0.1, 0.15) is 0 Å². The minimum atomic E-state index is -1.63. The summed E-state index contributed by atoms with van der Waals surface area (Å²) in [6.45, 7) is 0. The Kier molecular flexibility index (Phi) is 10.2. The Hall–Kier alpha value is -0.0500. The molecule has 0 aromatic carbocycles. The van der Waals surface area contributed by atoms with Crippen molar-refractivity contribution < 1.29 is 84.0 Å². The predicted molar refractivity (Wildman–Crippen MR) is 42.5 cm³/mol. The summed E-state index contributed by atoms with van der Waals surface area (Å²) < 4.78 is 0. The SMILES string of the molecule is O=C([O-])C(CCc1cc([O-])n[nH]1)C(=O)O.[Na+].[Na+]. The number of rotatable bonds is 5. The van der Waals surface area contributed by atoms with Crippen molar-refractivity contribution in [1.82, 2.24) is 10.2 Å². The van der Waals surface area contributed by atoms with Gasteiger partial charge in [0.2, 0.25) is 0 Å². The van der Waals surface area contributed by atoms with Gasteiger partial charge < -0.3 is 20.1 Å². The monoisotopic (exact) mass is 258 g/mol. The van der Waals surface area contributed by atoms with E-state index in [1.165, 1.54) is 6.07 Å². The van der Waals surface area contributed by atoms with E-state index >= 15 is 0 Å². The van der Waals surface area contributed by atoms with E-state index in [-0.39, 0.29) is 72.0 Å². The van der Waals surface area contributed by atoms with Crippen LogP contribution in [0.5, 0.6) is 5.88 Å². The van der Waals surface area contributed by atoms with Crippen molar-refractivity contribution in [3.05, 3.63) is 11.8 Å². The molecule has 9 heteroatoms. The van der Waals surface area contributed by atoms with E-state index in [0.717, 1.165) is 0 Å². The second kappa shape index (κ2) is 8.96. The third-order valence-electron chi connectivity index (χ3n) is 1.89. The molecule has 1 unspecified atom stereocenters. The molecule has 0 saturated heterocycles. The number of aliphatic carboxylic acids is 2. The molecule has 0 fully saturated rings. The first kappa shape index (κ1) is 19.3. The number of nitrogens with one attached hydrogen (secondary N) is 1. The van der Waals surface area contributed by atoms with Gasteiger partial charge in [0.05, 0.1) is 11.9 Å². The number of nitrogens with zero attached hydrogens (tertiary/aromatic N) is 1. The van der Waals surface area contributed by atoms with Gasteiger partial charge in [0, 0.05) is 11.6 Å². The van der Waals surface area contributed by atoms with Crippen LogP contribution < -0.4 is 69.3 Å². The molecule has 0 aliphatic carbocycles. The first-order valence-electron chi connectivity index (χ1n) is 4.15. The molecule has 17 heavy (non-hydrogen) atoms. The summed E-state index contributed by atoms with van der Waals surface area (Å²) in [6, 6.07) is 1.19. The van der Waals surface area contributed by atoms with Crippen LogP contribution in [0.2, 0.25) is 0 Å². The molecule has 1 aromatic rings. The van der Waals surface area contributed by atoms with Crippen molar-refractivity contribution in [2.45, 2.75) is 12.8 Å². The third-order valence-corrected chi connectivity index (χ3v) is 1.89. The molecular formula is C8H8N2Na2O5. The van der Waals surface area contributed by atoms with Crippen LogP contribution in [0.15, 0.2) is 6.07 Å². The van der Waals surface area contributed by atoms with Crippen LogP contribution in [-0.2, 0) is 16.0 Å². The summed E-state index contributed by atoms with van der Waals surface area (Å²) in [5.74, 6) is -5.12. The van der Waals surface area contributed by atoms with Gasteiger partial charge in [-0.05, 0) is 18.9 Å². The zero-order chi connectivity index (χ0) is 11.4. The molecule has 82 valence electrons. The molecule has 1 rings (SSSR count). The Balaban J connectivity index is 0. The van der Waals surface area contributed by atoms with Crippen molar-refractivity contribution in [3.63, 3.8) is 0 Å². The normalized spacial score (nSPS) is 10.8. The van der Waals surface area contributed by atoms with E-state index in [1.807, 2.05) is 0 Å². The van der Waals surface area contributed by atoms with Crippen molar-refractivity contribution in [2.75, 3.05) is 0 Å². The first-order valence-corrected chi connectivity index (χ1v) is 4.15. The molecule has 2 N–H and O–H groups in total. The number of carbonyl (C=O) groups is 2. The van der Waals surface area contributed by atoms with E-state index in [1.54, 1.807) is 0 Å². The van der Waals surface area contributed by atoms with Gasteiger partial charge in [0.25, 0.3) is 0 Å². The van der Waals surface area contributed by atoms with Crippen LogP contribution in [0.1, 0.15) is 12.1 Å². The predicted octanol–water partition coefficient (Wildman–Crippen LogP) is -8.13. The van der Waals surface area contributed by atoms with Crippen molar-refractivity contribution in [2.24, 2.45) is 5.92 Å². The standard InChI is InChI=1S/C8H10N2O5.2Na/c11-6-3-4(9-10-6)1-2-5(7(12)13)8(14)15;;/h3,5H,1-2H2,(H,12,13)(H,14,15)(H2,9,10,11);;/q;2*+1/p-2. The van der Waals surface area contributed by atoms with Gasteiger partial charge >= 0.3 is 65.1 Å². The van der Waals surface area contributed by atoms with Crippen LogP contribution in [-0.4, -0.2) is 27.2 Å². The van der Waals surface area contributed by atoms with E-state index in [4.69, 9.17) is 5.11 Å². The molecule has 0 spiro atoms. The zero-order valence-corrected chi connectivity index (χ0v) is 13.6. The maximum atomic E-state index is 10.6. The number of hydrogen-bond donors (Lipinski definition) is 2. The van der Waals surface area contributed by atoms with Gasteiger partial charge in [-0.1, -0.05) is 0 Å². The molecule has 0 amide bonds. The maximum Gasteiger partial charge on any atom is 1.00 e.